The van der Waals surface area contributed by atoms with Crippen molar-refractivity contribution < 1.29 is 4.42 Å². The van der Waals surface area contributed by atoms with Crippen molar-refractivity contribution in [3.05, 3.63) is 65.9 Å². The van der Waals surface area contributed by atoms with Gasteiger partial charge in [0.15, 0.2) is 0 Å². The molecule has 0 saturated heterocycles. The minimum atomic E-state index is 0.306. The second-order valence-corrected chi connectivity index (χ2v) is 6.20. The largest absolute Gasteiger partial charge is 0.455 e. The number of rotatable bonds is 2. The lowest BCUT2D eigenvalue weighted by Gasteiger charge is -2.07. The summed E-state index contributed by atoms with van der Waals surface area (Å²) >= 11 is 0. The Kier molecular flexibility index (Phi) is 3.32. The van der Waals surface area contributed by atoms with E-state index >= 15 is 0 Å². The highest BCUT2D eigenvalue weighted by atomic mass is 16.3. The van der Waals surface area contributed by atoms with E-state index in [0.717, 1.165) is 38.8 Å². The van der Waals surface area contributed by atoms with Crippen LogP contribution in [0.3, 0.4) is 0 Å². The molecule has 0 saturated carbocycles. The van der Waals surface area contributed by atoms with Crippen LogP contribution in [0.25, 0.3) is 33.2 Å². The number of hydrogen-bond donors (Lipinski definition) is 0. The van der Waals surface area contributed by atoms with Crippen LogP contribution < -0.4 is 0 Å². The van der Waals surface area contributed by atoms with Crippen LogP contribution in [0.1, 0.15) is 30.9 Å². The standard InChI is InChI=1S/C21H16N2O/c1-13(2)17-10-14(12-22)11-19-20(17)16-7-5-6-15(21(16)24-19)18-8-3-4-9-23-18/h3-11,13H,1-2H3. The summed E-state index contributed by atoms with van der Waals surface area (Å²) in [5.41, 5.74) is 5.20. The third-order valence-corrected chi connectivity index (χ3v) is 4.32. The van der Waals surface area contributed by atoms with Gasteiger partial charge in [0.1, 0.15) is 11.2 Å². The van der Waals surface area contributed by atoms with E-state index in [4.69, 9.17) is 4.42 Å². The first-order valence-corrected chi connectivity index (χ1v) is 7.99. The molecule has 0 aliphatic heterocycles. The molecule has 2 aromatic heterocycles. The minimum absolute atomic E-state index is 0.306. The molecular weight excluding hydrogens is 296 g/mol. The molecule has 2 heterocycles. The highest BCUT2D eigenvalue weighted by molar-refractivity contribution is 6.11. The number of fused-ring (bicyclic) bond motifs is 3. The molecule has 0 N–H and O–H groups in total. The van der Waals surface area contributed by atoms with Gasteiger partial charge in [-0.05, 0) is 41.8 Å². The number of hydrogen-bond acceptors (Lipinski definition) is 3. The Morgan fingerprint density at radius 2 is 1.96 bits per heavy atom. The number of para-hydroxylation sites is 1. The first kappa shape index (κ1) is 14.5. The van der Waals surface area contributed by atoms with E-state index in [1.54, 1.807) is 6.20 Å². The van der Waals surface area contributed by atoms with Crippen molar-refractivity contribution in [3.63, 3.8) is 0 Å². The topological polar surface area (TPSA) is 49.8 Å². The fourth-order valence-electron chi connectivity index (χ4n) is 3.20. The molecule has 3 heteroatoms. The zero-order valence-electron chi connectivity index (χ0n) is 13.6. The van der Waals surface area contributed by atoms with Gasteiger partial charge in [-0.15, -0.1) is 0 Å². The smallest absolute Gasteiger partial charge is 0.144 e. The van der Waals surface area contributed by atoms with Crippen LogP contribution in [-0.2, 0) is 0 Å². The van der Waals surface area contributed by atoms with Gasteiger partial charge >= 0.3 is 0 Å². The molecule has 0 aliphatic carbocycles. The van der Waals surface area contributed by atoms with Gasteiger partial charge in [-0.1, -0.05) is 32.0 Å². The zero-order valence-corrected chi connectivity index (χ0v) is 13.6. The van der Waals surface area contributed by atoms with Crippen molar-refractivity contribution in [2.45, 2.75) is 19.8 Å². The molecule has 4 rings (SSSR count). The van der Waals surface area contributed by atoms with E-state index in [2.05, 4.69) is 31.0 Å². The van der Waals surface area contributed by atoms with Crippen molar-refractivity contribution in [3.8, 4) is 17.3 Å². The maximum Gasteiger partial charge on any atom is 0.144 e. The van der Waals surface area contributed by atoms with Gasteiger partial charge in [0.2, 0.25) is 0 Å². The maximum atomic E-state index is 9.31. The number of nitrogens with zero attached hydrogens (tertiary/aromatic N) is 2. The molecule has 116 valence electrons. The predicted molar refractivity (Wildman–Crippen MR) is 95.8 cm³/mol. The van der Waals surface area contributed by atoms with Gasteiger partial charge in [-0.25, -0.2) is 0 Å². The van der Waals surface area contributed by atoms with Crippen molar-refractivity contribution in [1.29, 1.82) is 5.26 Å². The highest BCUT2D eigenvalue weighted by Gasteiger charge is 2.17. The summed E-state index contributed by atoms with van der Waals surface area (Å²) in [7, 11) is 0. The first-order chi connectivity index (χ1) is 11.7. The Labute approximate surface area is 140 Å². The Morgan fingerprint density at radius 1 is 1.08 bits per heavy atom. The van der Waals surface area contributed by atoms with Crippen molar-refractivity contribution in [2.24, 2.45) is 0 Å². The van der Waals surface area contributed by atoms with Gasteiger partial charge in [0, 0.05) is 22.5 Å². The van der Waals surface area contributed by atoms with Gasteiger partial charge in [0.05, 0.1) is 17.3 Å². The fourth-order valence-corrected chi connectivity index (χ4v) is 3.20. The lowest BCUT2D eigenvalue weighted by Crippen LogP contribution is -1.90. The molecule has 0 radical (unpaired) electrons. The van der Waals surface area contributed by atoms with Crippen LogP contribution in [0.15, 0.2) is 59.1 Å². The molecule has 0 aliphatic rings. The van der Waals surface area contributed by atoms with E-state index < -0.39 is 0 Å². The van der Waals surface area contributed by atoms with E-state index in [1.165, 1.54) is 0 Å². The molecule has 24 heavy (non-hydrogen) atoms. The predicted octanol–water partition coefficient (Wildman–Crippen LogP) is 5.64. The molecule has 0 unspecified atom stereocenters. The van der Waals surface area contributed by atoms with Crippen LogP contribution in [-0.4, -0.2) is 4.98 Å². The fraction of sp³-hybridized carbons (Fsp3) is 0.143. The molecule has 0 fully saturated rings. The lowest BCUT2D eigenvalue weighted by molar-refractivity contribution is 0.669. The number of pyridine rings is 1. The lowest BCUT2D eigenvalue weighted by atomic mass is 9.94. The van der Waals surface area contributed by atoms with Crippen LogP contribution >= 0.6 is 0 Å². The normalized spacial score (nSPS) is 11.2. The summed E-state index contributed by atoms with van der Waals surface area (Å²) in [5, 5.41) is 11.5. The second kappa shape index (κ2) is 5.50. The van der Waals surface area contributed by atoms with E-state index in [0.29, 0.717) is 11.5 Å². The summed E-state index contributed by atoms with van der Waals surface area (Å²) in [6, 6.07) is 18.0. The SMILES string of the molecule is CC(C)c1cc(C#N)cc2oc3c(-c4ccccn4)cccc3c12. The molecule has 4 aromatic rings. The number of furan rings is 1. The summed E-state index contributed by atoms with van der Waals surface area (Å²) in [4.78, 5) is 4.45. The Hall–Kier alpha value is -3.12. The third-order valence-electron chi connectivity index (χ3n) is 4.32. The average Bonchev–Trinajstić information content (AvgIpc) is 2.99. The Morgan fingerprint density at radius 3 is 2.67 bits per heavy atom. The van der Waals surface area contributed by atoms with E-state index in [9.17, 15) is 5.26 Å². The van der Waals surface area contributed by atoms with E-state index in [-0.39, 0.29) is 0 Å². The molecule has 0 amide bonds. The van der Waals surface area contributed by atoms with Crippen LogP contribution in [0, 0.1) is 11.3 Å². The molecule has 0 atom stereocenters. The van der Waals surface area contributed by atoms with Gasteiger partial charge in [-0.3, -0.25) is 4.98 Å². The second-order valence-electron chi connectivity index (χ2n) is 6.20. The molecule has 2 aromatic carbocycles. The zero-order chi connectivity index (χ0) is 16.7. The first-order valence-electron chi connectivity index (χ1n) is 7.99. The van der Waals surface area contributed by atoms with Crippen LogP contribution in [0.5, 0.6) is 0 Å². The maximum absolute atomic E-state index is 9.31. The minimum Gasteiger partial charge on any atom is -0.455 e. The summed E-state index contributed by atoms with van der Waals surface area (Å²) in [6.45, 7) is 4.27. The molecule has 0 bridgehead atoms. The van der Waals surface area contributed by atoms with Crippen molar-refractivity contribution >= 4 is 21.9 Å². The number of benzene rings is 2. The quantitative estimate of drug-likeness (QED) is 0.481. The number of aromatic nitrogens is 1. The van der Waals surface area contributed by atoms with Crippen molar-refractivity contribution in [2.75, 3.05) is 0 Å². The molecule has 0 spiro atoms. The van der Waals surface area contributed by atoms with Crippen LogP contribution in [0.2, 0.25) is 0 Å². The average molecular weight is 312 g/mol. The van der Waals surface area contributed by atoms with Crippen LogP contribution in [0.4, 0.5) is 0 Å². The Bertz CT molecular complexity index is 1090. The van der Waals surface area contributed by atoms with Gasteiger partial charge in [0.25, 0.3) is 0 Å². The number of nitriles is 1. The monoisotopic (exact) mass is 312 g/mol. The van der Waals surface area contributed by atoms with E-state index in [1.807, 2.05) is 42.5 Å². The summed E-state index contributed by atoms with van der Waals surface area (Å²) in [5.74, 6) is 0.306. The molecular formula is C21H16N2O. The van der Waals surface area contributed by atoms with Gasteiger partial charge in [-0.2, -0.15) is 5.26 Å². The van der Waals surface area contributed by atoms with Gasteiger partial charge < -0.3 is 4.42 Å². The molecule has 3 nitrogen and oxygen atoms in total. The third kappa shape index (κ3) is 2.16. The Balaban J connectivity index is 2.13. The highest BCUT2D eigenvalue weighted by Crippen LogP contribution is 2.39. The van der Waals surface area contributed by atoms with Crippen molar-refractivity contribution in [1.82, 2.24) is 4.98 Å². The summed E-state index contributed by atoms with van der Waals surface area (Å²) in [6.07, 6.45) is 1.78. The summed E-state index contributed by atoms with van der Waals surface area (Å²) < 4.78 is 6.18.